The summed E-state index contributed by atoms with van der Waals surface area (Å²) in [6.07, 6.45) is 5.80. The molecule has 0 radical (unpaired) electrons. The first-order valence-electron chi connectivity index (χ1n) is 9.29. The molecule has 0 fully saturated rings. The Morgan fingerprint density at radius 3 is 1.81 bits per heavy atom. The van der Waals surface area contributed by atoms with E-state index in [9.17, 15) is 5.11 Å². The van der Waals surface area contributed by atoms with Gasteiger partial charge in [0.2, 0.25) is 0 Å². The van der Waals surface area contributed by atoms with Crippen LogP contribution < -0.4 is 0 Å². The molecule has 0 saturated carbocycles. The van der Waals surface area contributed by atoms with Crippen LogP contribution in [0.2, 0.25) is 0 Å². The van der Waals surface area contributed by atoms with Crippen molar-refractivity contribution in [1.82, 2.24) is 9.47 Å². The van der Waals surface area contributed by atoms with Crippen molar-refractivity contribution in [3.63, 3.8) is 0 Å². The van der Waals surface area contributed by atoms with Crippen molar-refractivity contribution in [2.75, 3.05) is 0 Å². The van der Waals surface area contributed by atoms with E-state index in [4.69, 9.17) is 0 Å². The van der Waals surface area contributed by atoms with Gasteiger partial charge in [0.1, 0.15) is 5.72 Å². The molecule has 3 heteroatoms. The molecule has 1 heterocycles. The molecule has 0 aliphatic heterocycles. The second-order valence-corrected chi connectivity index (χ2v) is 7.07. The van der Waals surface area contributed by atoms with Gasteiger partial charge in [0, 0.05) is 32.0 Å². The fourth-order valence-corrected chi connectivity index (χ4v) is 3.28. The van der Waals surface area contributed by atoms with Crippen LogP contribution in [0.1, 0.15) is 30.9 Å². The lowest BCUT2D eigenvalue weighted by molar-refractivity contribution is -0.111. The van der Waals surface area contributed by atoms with Crippen molar-refractivity contribution < 1.29 is 5.11 Å². The van der Waals surface area contributed by atoms with Gasteiger partial charge < -0.3 is 9.67 Å². The normalized spacial score (nSPS) is 13.7. The minimum atomic E-state index is -0.862. The monoisotopic (exact) mass is 348 g/mol. The van der Waals surface area contributed by atoms with Gasteiger partial charge in [0.25, 0.3) is 0 Å². The molecule has 1 atom stereocenters. The highest BCUT2D eigenvalue weighted by Crippen LogP contribution is 2.24. The minimum absolute atomic E-state index is 0.727. The van der Waals surface area contributed by atoms with Crippen molar-refractivity contribution in [3.05, 3.63) is 96.3 Å². The number of hydrogen-bond donors (Lipinski definition) is 1. The van der Waals surface area contributed by atoms with Gasteiger partial charge in [-0.2, -0.15) is 0 Å². The summed E-state index contributed by atoms with van der Waals surface area (Å²) in [6.45, 7) is 4.32. The summed E-state index contributed by atoms with van der Waals surface area (Å²) in [5, 5.41) is 11.2. The first-order chi connectivity index (χ1) is 12.6. The van der Waals surface area contributed by atoms with E-state index in [2.05, 4.69) is 70.4 Å². The predicted octanol–water partition coefficient (Wildman–Crippen LogP) is 4.68. The molecule has 0 spiro atoms. The highest BCUT2D eigenvalue weighted by molar-refractivity contribution is 5.17. The molecule has 3 aromatic rings. The summed E-state index contributed by atoms with van der Waals surface area (Å²) >= 11 is 0. The van der Waals surface area contributed by atoms with Crippen LogP contribution in [-0.2, 0) is 19.6 Å². The van der Waals surface area contributed by atoms with Crippen LogP contribution in [0.25, 0.3) is 0 Å². The van der Waals surface area contributed by atoms with Gasteiger partial charge >= 0.3 is 0 Å². The van der Waals surface area contributed by atoms with Crippen LogP contribution in [0.3, 0.4) is 0 Å². The molecule has 3 rings (SSSR count). The summed E-state index contributed by atoms with van der Waals surface area (Å²) in [5.74, 6) is 0. The second kappa shape index (κ2) is 8.84. The van der Waals surface area contributed by atoms with Crippen molar-refractivity contribution in [3.8, 4) is 0 Å². The van der Waals surface area contributed by atoms with E-state index in [1.807, 2.05) is 31.2 Å². The number of rotatable bonds is 9. The average molecular weight is 348 g/mol. The summed E-state index contributed by atoms with van der Waals surface area (Å²) in [4.78, 5) is 2.17. The zero-order valence-corrected chi connectivity index (χ0v) is 15.5. The number of nitrogens with zero attached hydrogens (tertiary/aromatic N) is 2. The maximum Gasteiger partial charge on any atom is 0.116 e. The van der Waals surface area contributed by atoms with Crippen LogP contribution in [0.15, 0.2) is 85.2 Å². The summed E-state index contributed by atoms with van der Waals surface area (Å²) in [7, 11) is 0. The fraction of sp³-hybridized carbons (Fsp3) is 0.304. The Bertz CT molecular complexity index is 710. The van der Waals surface area contributed by atoms with E-state index < -0.39 is 5.72 Å². The van der Waals surface area contributed by atoms with Gasteiger partial charge in [-0.15, -0.1) is 0 Å². The largest absolute Gasteiger partial charge is 0.376 e. The summed E-state index contributed by atoms with van der Waals surface area (Å²) < 4.78 is 2.16. The Balaban J connectivity index is 1.69. The topological polar surface area (TPSA) is 28.4 Å². The van der Waals surface area contributed by atoms with Crippen molar-refractivity contribution in [1.29, 1.82) is 0 Å². The molecule has 3 nitrogen and oxygen atoms in total. The van der Waals surface area contributed by atoms with Crippen LogP contribution in [0.4, 0.5) is 0 Å². The first kappa shape index (κ1) is 18.4. The predicted molar refractivity (Wildman–Crippen MR) is 106 cm³/mol. The molecule has 0 bridgehead atoms. The molecule has 1 aromatic heterocycles. The van der Waals surface area contributed by atoms with Crippen molar-refractivity contribution in [2.24, 2.45) is 0 Å². The molecule has 26 heavy (non-hydrogen) atoms. The smallest absolute Gasteiger partial charge is 0.116 e. The Hall–Kier alpha value is -2.36. The molecule has 136 valence electrons. The van der Waals surface area contributed by atoms with Gasteiger partial charge in [0.05, 0.1) is 0 Å². The van der Waals surface area contributed by atoms with E-state index in [0.29, 0.717) is 0 Å². The maximum atomic E-state index is 11.2. The summed E-state index contributed by atoms with van der Waals surface area (Å²) in [5.41, 5.74) is 1.57. The van der Waals surface area contributed by atoms with Crippen LogP contribution in [0.5, 0.6) is 0 Å². The minimum Gasteiger partial charge on any atom is -0.376 e. The number of aryl methyl sites for hydroxylation is 1. The van der Waals surface area contributed by atoms with Crippen LogP contribution >= 0.6 is 0 Å². The van der Waals surface area contributed by atoms with Crippen molar-refractivity contribution >= 4 is 0 Å². The fourth-order valence-electron chi connectivity index (χ4n) is 3.28. The zero-order valence-electron chi connectivity index (χ0n) is 15.5. The molecule has 0 saturated heterocycles. The number of aromatic nitrogens is 1. The second-order valence-electron chi connectivity index (χ2n) is 7.07. The molecule has 0 aliphatic carbocycles. The first-order valence-corrected chi connectivity index (χ1v) is 9.29. The Morgan fingerprint density at radius 2 is 1.31 bits per heavy atom. The molecular formula is C23H28N2O. The van der Waals surface area contributed by atoms with E-state index >= 15 is 0 Å². The lowest BCUT2D eigenvalue weighted by Gasteiger charge is -2.37. The third kappa shape index (κ3) is 5.32. The average Bonchev–Trinajstić information content (AvgIpc) is 3.16. The molecule has 0 amide bonds. The number of benzene rings is 2. The number of aliphatic hydroxyl groups is 1. The molecule has 0 aliphatic rings. The molecular weight excluding hydrogens is 320 g/mol. The van der Waals surface area contributed by atoms with E-state index in [1.165, 1.54) is 11.1 Å². The molecule has 1 N–H and O–H groups in total. The van der Waals surface area contributed by atoms with Crippen LogP contribution in [0, 0.1) is 0 Å². The standard InChI is InChI=1S/C23H28N2O/c1-23(26,15-10-18-24-16-8-9-17-24)25(19-21-11-4-2-5-12-21)20-22-13-6-3-7-14-22/h2-9,11-14,16-17,26H,10,15,18-20H2,1H3. The van der Waals surface area contributed by atoms with Crippen LogP contribution in [-0.4, -0.2) is 20.3 Å². The molecule has 2 aromatic carbocycles. The Kier molecular flexibility index (Phi) is 6.26. The maximum absolute atomic E-state index is 11.2. The van der Waals surface area contributed by atoms with E-state index in [1.54, 1.807) is 0 Å². The third-order valence-electron chi connectivity index (χ3n) is 4.85. The lowest BCUT2D eigenvalue weighted by Crippen LogP contribution is -2.45. The Morgan fingerprint density at radius 1 is 0.808 bits per heavy atom. The van der Waals surface area contributed by atoms with Gasteiger partial charge in [-0.25, -0.2) is 0 Å². The SMILES string of the molecule is CC(O)(CCCn1cccc1)N(Cc1ccccc1)Cc1ccccc1. The third-order valence-corrected chi connectivity index (χ3v) is 4.85. The van der Waals surface area contributed by atoms with Crippen molar-refractivity contribution in [2.45, 2.75) is 45.1 Å². The summed E-state index contributed by atoms with van der Waals surface area (Å²) in [6, 6.07) is 24.8. The van der Waals surface area contributed by atoms with E-state index in [0.717, 1.165) is 32.5 Å². The highest BCUT2D eigenvalue weighted by Gasteiger charge is 2.28. The van der Waals surface area contributed by atoms with Gasteiger partial charge in [-0.05, 0) is 43.0 Å². The quantitative estimate of drug-likeness (QED) is 0.569. The Labute approximate surface area is 156 Å². The van der Waals surface area contributed by atoms with E-state index in [-0.39, 0.29) is 0 Å². The van der Waals surface area contributed by atoms with Gasteiger partial charge in [-0.3, -0.25) is 4.90 Å². The lowest BCUT2D eigenvalue weighted by atomic mass is 10.0. The number of hydrogen-bond acceptors (Lipinski definition) is 2. The molecule has 1 unspecified atom stereocenters. The van der Waals surface area contributed by atoms with Gasteiger partial charge in [0.15, 0.2) is 0 Å². The van der Waals surface area contributed by atoms with Gasteiger partial charge in [-0.1, -0.05) is 60.7 Å². The zero-order chi connectivity index (χ0) is 18.2. The highest BCUT2D eigenvalue weighted by atomic mass is 16.3.